The number of ketones is 1. The molecule has 2 heterocycles. The quantitative estimate of drug-likeness (QED) is 0.605. The van der Waals surface area contributed by atoms with E-state index in [4.69, 9.17) is 9.84 Å². The van der Waals surface area contributed by atoms with Gasteiger partial charge in [0.05, 0.1) is 18.4 Å². The Bertz CT molecular complexity index is 731. The van der Waals surface area contributed by atoms with Crippen LogP contribution in [0.3, 0.4) is 0 Å². The van der Waals surface area contributed by atoms with Crippen molar-refractivity contribution in [2.75, 3.05) is 6.61 Å². The van der Waals surface area contributed by atoms with Crippen molar-refractivity contribution in [3.63, 3.8) is 0 Å². The van der Waals surface area contributed by atoms with Gasteiger partial charge < -0.3 is 9.84 Å². The van der Waals surface area contributed by atoms with Crippen LogP contribution in [0.1, 0.15) is 38.3 Å². The number of ether oxygens (including phenoxy) is 1. The van der Waals surface area contributed by atoms with E-state index in [2.05, 4.69) is 10.2 Å². The molecular weight excluding hydrogens is 292 g/mol. The van der Waals surface area contributed by atoms with Crippen LogP contribution in [0.25, 0.3) is 0 Å². The van der Waals surface area contributed by atoms with Gasteiger partial charge >= 0.3 is 11.9 Å². The zero-order valence-electron chi connectivity index (χ0n) is 12.0. The largest absolute Gasteiger partial charge is 0.477 e. The molecule has 2 aromatic rings. The van der Waals surface area contributed by atoms with Gasteiger partial charge in [-0.3, -0.25) is 9.48 Å². The van der Waals surface area contributed by atoms with Crippen molar-refractivity contribution in [1.29, 1.82) is 0 Å². The maximum atomic E-state index is 12.1. The highest BCUT2D eigenvalue weighted by atomic mass is 16.5. The number of hydrogen-bond acceptors (Lipinski definition) is 6. The Labute approximate surface area is 125 Å². The second-order valence-electron chi connectivity index (χ2n) is 4.42. The summed E-state index contributed by atoms with van der Waals surface area (Å²) in [6.07, 6.45) is 2.89. The van der Waals surface area contributed by atoms with Crippen molar-refractivity contribution in [2.24, 2.45) is 7.05 Å². The van der Waals surface area contributed by atoms with Crippen LogP contribution in [0.5, 0.6) is 0 Å². The van der Waals surface area contributed by atoms with Gasteiger partial charge in [0, 0.05) is 19.3 Å². The first-order valence-corrected chi connectivity index (χ1v) is 6.42. The molecule has 0 saturated carbocycles. The molecule has 0 unspecified atom stereocenters. The molecule has 0 aliphatic rings. The van der Waals surface area contributed by atoms with Crippen molar-refractivity contribution in [3.05, 3.63) is 35.4 Å². The van der Waals surface area contributed by atoms with E-state index in [0.29, 0.717) is 5.56 Å². The van der Waals surface area contributed by atoms with Gasteiger partial charge in [0.25, 0.3) is 0 Å². The zero-order chi connectivity index (χ0) is 16.3. The van der Waals surface area contributed by atoms with Gasteiger partial charge in [-0.1, -0.05) is 0 Å². The lowest BCUT2D eigenvalue weighted by Gasteiger charge is -2.02. The fourth-order valence-electron chi connectivity index (χ4n) is 1.81. The standard InChI is InChI=1S/C13H14N4O5/c1-3-22-13(21)9-4-10(12(19)20)17(15-9)7-11(18)8-5-14-16(2)6-8/h4-6H,3,7H2,1-2H3,(H,19,20). The molecule has 0 spiro atoms. The minimum absolute atomic E-state index is 0.142. The van der Waals surface area contributed by atoms with E-state index in [1.807, 2.05) is 0 Å². The molecule has 0 saturated heterocycles. The van der Waals surface area contributed by atoms with Crippen LogP contribution in [0.4, 0.5) is 0 Å². The Morgan fingerprint density at radius 2 is 2.09 bits per heavy atom. The van der Waals surface area contributed by atoms with Crippen molar-refractivity contribution in [3.8, 4) is 0 Å². The number of rotatable bonds is 6. The number of hydrogen-bond donors (Lipinski definition) is 1. The number of carbonyl (C=O) groups is 3. The lowest BCUT2D eigenvalue weighted by molar-refractivity contribution is 0.0517. The smallest absolute Gasteiger partial charge is 0.358 e. The van der Waals surface area contributed by atoms with E-state index in [9.17, 15) is 14.4 Å². The van der Waals surface area contributed by atoms with Crippen LogP contribution in [-0.4, -0.2) is 49.0 Å². The summed E-state index contributed by atoms with van der Waals surface area (Å²) in [6, 6.07) is 1.08. The number of aryl methyl sites for hydroxylation is 1. The topological polar surface area (TPSA) is 116 Å². The van der Waals surface area contributed by atoms with Gasteiger partial charge in [0.2, 0.25) is 0 Å². The third-order valence-corrected chi connectivity index (χ3v) is 2.80. The predicted octanol–water partition coefficient (Wildman–Crippen LogP) is 0.374. The van der Waals surface area contributed by atoms with Gasteiger partial charge in [-0.25, -0.2) is 14.3 Å². The van der Waals surface area contributed by atoms with Crippen molar-refractivity contribution >= 4 is 17.7 Å². The average Bonchev–Trinajstić information content (AvgIpc) is 3.05. The first-order valence-electron chi connectivity index (χ1n) is 6.42. The second kappa shape index (κ2) is 6.20. The summed E-state index contributed by atoms with van der Waals surface area (Å²) < 4.78 is 7.18. The first kappa shape index (κ1) is 15.4. The molecule has 1 N–H and O–H groups in total. The van der Waals surface area contributed by atoms with Crippen LogP contribution < -0.4 is 0 Å². The SMILES string of the molecule is CCOC(=O)c1cc(C(=O)O)n(CC(=O)c2cnn(C)c2)n1. The highest BCUT2D eigenvalue weighted by molar-refractivity contribution is 5.97. The molecule has 9 nitrogen and oxygen atoms in total. The number of aromatic nitrogens is 4. The number of carboxylic acid groups (broad SMARTS) is 1. The van der Waals surface area contributed by atoms with Gasteiger partial charge in [-0.15, -0.1) is 0 Å². The lowest BCUT2D eigenvalue weighted by Crippen LogP contribution is -2.17. The minimum atomic E-state index is -1.29. The van der Waals surface area contributed by atoms with E-state index >= 15 is 0 Å². The number of carbonyl (C=O) groups excluding carboxylic acids is 2. The Morgan fingerprint density at radius 1 is 1.36 bits per heavy atom. The molecule has 116 valence electrons. The predicted molar refractivity (Wildman–Crippen MR) is 72.7 cm³/mol. The number of nitrogens with zero attached hydrogens (tertiary/aromatic N) is 4. The summed E-state index contributed by atoms with van der Waals surface area (Å²) in [4.78, 5) is 34.9. The zero-order valence-corrected chi connectivity index (χ0v) is 12.0. The Morgan fingerprint density at radius 3 is 2.64 bits per heavy atom. The van der Waals surface area contributed by atoms with Gasteiger partial charge in [-0.2, -0.15) is 10.2 Å². The molecule has 0 atom stereocenters. The Balaban J connectivity index is 2.27. The lowest BCUT2D eigenvalue weighted by atomic mass is 10.2. The average molecular weight is 306 g/mol. The fraction of sp³-hybridized carbons (Fsp3) is 0.308. The molecule has 0 amide bonds. The molecule has 0 bridgehead atoms. The number of esters is 1. The molecule has 0 aliphatic heterocycles. The van der Waals surface area contributed by atoms with Crippen molar-refractivity contribution in [2.45, 2.75) is 13.5 Å². The summed E-state index contributed by atoms with van der Waals surface area (Å²) in [6.45, 7) is 1.45. The molecule has 2 rings (SSSR count). The molecule has 2 aromatic heterocycles. The van der Waals surface area contributed by atoms with Gasteiger partial charge in [-0.05, 0) is 6.92 Å². The number of carboxylic acids is 1. The summed E-state index contributed by atoms with van der Waals surface area (Å²) in [7, 11) is 1.66. The van der Waals surface area contributed by atoms with Gasteiger partial charge in [0.15, 0.2) is 11.5 Å². The molecule has 22 heavy (non-hydrogen) atoms. The molecule has 0 aromatic carbocycles. The van der Waals surface area contributed by atoms with Crippen molar-refractivity contribution in [1.82, 2.24) is 19.6 Å². The Hall–Kier alpha value is -2.97. The summed E-state index contributed by atoms with van der Waals surface area (Å²) in [5, 5.41) is 16.8. The number of Topliss-reactive ketones (excluding diaryl/α,β-unsaturated/α-hetero) is 1. The second-order valence-corrected chi connectivity index (χ2v) is 4.42. The highest BCUT2D eigenvalue weighted by Crippen LogP contribution is 2.09. The highest BCUT2D eigenvalue weighted by Gasteiger charge is 2.21. The summed E-state index contributed by atoms with van der Waals surface area (Å²) >= 11 is 0. The van der Waals surface area contributed by atoms with E-state index in [1.54, 1.807) is 14.0 Å². The van der Waals surface area contributed by atoms with Crippen LogP contribution >= 0.6 is 0 Å². The third kappa shape index (κ3) is 3.19. The van der Waals surface area contributed by atoms with E-state index in [-0.39, 0.29) is 30.3 Å². The van der Waals surface area contributed by atoms with Crippen LogP contribution in [0.2, 0.25) is 0 Å². The summed E-state index contributed by atoms with van der Waals surface area (Å²) in [5.41, 5.74) is -0.0921. The molecular formula is C13H14N4O5. The molecule has 0 aliphatic carbocycles. The molecule has 0 radical (unpaired) electrons. The fourth-order valence-corrected chi connectivity index (χ4v) is 1.81. The maximum absolute atomic E-state index is 12.1. The van der Waals surface area contributed by atoms with Crippen LogP contribution in [-0.2, 0) is 18.3 Å². The van der Waals surface area contributed by atoms with E-state index < -0.39 is 11.9 Å². The first-order chi connectivity index (χ1) is 10.4. The van der Waals surface area contributed by atoms with Crippen molar-refractivity contribution < 1.29 is 24.2 Å². The number of aromatic carboxylic acids is 1. The minimum Gasteiger partial charge on any atom is -0.477 e. The van der Waals surface area contributed by atoms with Crippen LogP contribution in [0.15, 0.2) is 18.5 Å². The molecule has 0 fully saturated rings. The van der Waals surface area contributed by atoms with Crippen LogP contribution in [0, 0.1) is 0 Å². The monoisotopic (exact) mass is 306 g/mol. The summed E-state index contributed by atoms with van der Waals surface area (Å²) in [5.74, 6) is -2.39. The Kier molecular flexibility index (Phi) is 4.35. The van der Waals surface area contributed by atoms with Gasteiger partial charge in [0.1, 0.15) is 12.2 Å². The molecule has 9 heteroatoms. The van der Waals surface area contributed by atoms with E-state index in [1.165, 1.54) is 17.1 Å². The van der Waals surface area contributed by atoms with E-state index in [0.717, 1.165) is 10.7 Å². The maximum Gasteiger partial charge on any atom is 0.358 e. The normalized spacial score (nSPS) is 10.5. The third-order valence-electron chi connectivity index (χ3n) is 2.80.